The number of hydrogen-bond donors (Lipinski definition) is 0. The van der Waals surface area contributed by atoms with Crippen molar-refractivity contribution in [1.82, 2.24) is 0 Å². The second kappa shape index (κ2) is 6.53. The third-order valence-electron chi connectivity index (χ3n) is 3.23. The maximum atomic E-state index is 11.6. The van der Waals surface area contributed by atoms with E-state index >= 15 is 0 Å². The standard InChI is InChI=1S/C16H20O3/c1-3-15(16-10-14(17)9-12(2)19-16)18-11-13-7-5-4-6-8-13/h4-9,15-16H,3,10-11H2,1-2H3. The summed E-state index contributed by atoms with van der Waals surface area (Å²) in [5, 5.41) is 0. The van der Waals surface area contributed by atoms with Crippen molar-refractivity contribution in [1.29, 1.82) is 0 Å². The van der Waals surface area contributed by atoms with E-state index in [2.05, 4.69) is 6.92 Å². The molecule has 0 radical (unpaired) electrons. The van der Waals surface area contributed by atoms with Crippen LogP contribution in [0.3, 0.4) is 0 Å². The van der Waals surface area contributed by atoms with Crippen LogP contribution in [-0.4, -0.2) is 18.0 Å². The first-order chi connectivity index (χ1) is 9.19. The molecule has 1 heterocycles. The Morgan fingerprint density at radius 2 is 2.11 bits per heavy atom. The lowest BCUT2D eigenvalue weighted by Crippen LogP contribution is -2.34. The van der Waals surface area contributed by atoms with Gasteiger partial charge in [0.05, 0.1) is 24.9 Å². The fourth-order valence-electron chi connectivity index (χ4n) is 2.27. The normalized spacial score (nSPS) is 20.6. The highest BCUT2D eigenvalue weighted by Gasteiger charge is 2.28. The molecule has 0 saturated carbocycles. The van der Waals surface area contributed by atoms with Crippen LogP contribution in [0.4, 0.5) is 0 Å². The molecule has 1 aromatic carbocycles. The van der Waals surface area contributed by atoms with E-state index in [1.165, 1.54) is 0 Å². The molecule has 2 atom stereocenters. The van der Waals surface area contributed by atoms with Crippen molar-refractivity contribution in [3.63, 3.8) is 0 Å². The Morgan fingerprint density at radius 1 is 1.37 bits per heavy atom. The first-order valence-corrected chi connectivity index (χ1v) is 6.72. The largest absolute Gasteiger partial charge is 0.492 e. The Labute approximate surface area is 114 Å². The molecule has 0 aromatic heterocycles. The highest BCUT2D eigenvalue weighted by atomic mass is 16.5. The second-order valence-electron chi connectivity index (χ2n) is 4.83. The molecule has 0 aliphatic carbocycles. The molecule has 19 heavy (non-hydrogen) atoms. The number of ketones is 1. The molecule has 1 aromatic rings. The first kappa shape index (κ1) is 13.8. The maximum absolute atomic E-state index is 11.6. The summed E-state index contributed by atoms with van der Waals surface area (Å²) in [5.74, 6) is 0.804. The molecule has 0 fully saturated rings. The molecule has 1 aliphatic heterocycles. The number of allylic oxidation sites excluding steroid dienone is 2. The number of hydrogen-bond acceptors (Lipinski definition) is 3. The summed E-state index contributed by atoms with van der Waals surface area (Å²) < 4.78 is 11.6. The fourth-order valence-corrected chi connectivity index (χ4v) is 2.27. The van der Waals surface area contributed by atoms with Crippen LogP contribution in [0, 0.1) is 0 Å². The molecule has 0 saturated heterocycles. The average molecular weight is 260 g/mol. The molecule has 0 spiro atoms. The van der Waals surface area contributed by atoms with Crippen LogP contribution in [-0.2, 0) is 20.9 Å². The van der Waals surface area contributed by atoms with E-state index in [0.717, 1.165) is 12.0 Å². The molecule has 3 nitrogen and oxygen atoms in total. The monoisotopic (exact) mass is 260 g/mol. The zero-order valence-electron chi connectivity index (χ0n) is 11.5. The van der Waals surface area contributed by atoms with Crippen molar-refractivity contribution >= 4 is 5.78 Å². The highest BCUT2D eigenvalue weighted by molar-refractivity contribution is 5.91. The molecule has 102 valence electrons. The van der Waals surface area contributed by atoms with Gasteiger partial charge in [-0.3, -0.25) is 4.79 Å². The minimum absolute atomic E-state index is 0.0483. The molecular weight excluding hydrogens is 240 g/mol. The van der Waals surface area contributed by atoms with Gasteiger partial charge < -0.3 is 9.47 Å². The number of carbonyl (C=O) groups is 1. The third kappa shape index (κ3) is 3.93. The van der Waals surface area contributed by atoms with Gasteiger partial charge in [-0.05, 0) is 18.9 Å². The zero-order chi connectivity index (χ0) is 13.7. The number of rotatable bonds is 5. The summed E-state index contributed by atoms with van der Waals surface area (Å²) in [6, 6.07) is 10.0. The van der Waals surface area contributed by atoms with Crippen molar-refractivity contribution in [3.05, 3.63) is 47.7 Å². The highest BCUT2D eigenvalue weighted by Crippen LogP contribution is 2.21. The lowest BCUT2D eigenvalue weighted by Gasteiger charge is -2.29. The van der Waals surface area contributed by atoms with E-state index in [-0.39, 0.29) is 18.0 Å². The smallest absolute Gasteiger partial charge is 0.162 e. The number of ether oxygens (including phenoxy) is 2. The van der Waals surface area contributed by atoms with E-state index in [1.807, 2.05) is 37.3 Å². The van der Waals surface area contributed by atoms with Crippen LogP contribution in [0.2, 0.25) is 0 Å². The Hall–Kier alpha value is -1.61. The molecular formula is C16H20O3. The summed E-state index contributed by atoms with van der Waals surface area (Å²) in [5.41, 5.74) is 1.13. The molecule has 0 amide bonds. The van der Waals surface area contributed by atoms with Crippen molar-refractivity contribution in [2.24, 2.45) is 0 Å². The summed E-state index contributed by atoms with van der Waals surface area (Å²) in [7, 11) is 0. The van der Waals surface area contributed by atoms with E-state index in [9.17, 15) is 4.79 Å². The molecule has 2 unspecified atom stereocenters. The van der Waals surface area contributed by atoms with Gasteiger partial charge in [0.1, 0.15) is 6.10 Å². The zero-order valence-corrected chi connectivity index (χ0v) is 11.5. The minimum atomic E-state index is -0.161. The van der Waals surface area contributed by atoms with Gasteiger partial charge >= 0.3 is 0 Å². The van der Waals surface area contributed by atoms with Gasteiger partial charge in [0.25, 0.3) is 0 Å². The fraction of sp³-hybridized carbons (Fsp3) is 0.438. The first-order valence-electron chi connectivity index (χ1n) is 6.72. The SMILES string of the molecule is CCC(OCc1ccccc1)C1CC(=O)C=C(C)O1. The van der Waals surface area contributed by atoms with Crippen LogP contribution in [0.25, 0.3) is 0 Å². The van der Waals surface area contributed by atoms with Gasteiger partial charge in [-0.1, -0.05) is 37.3 Å². The average Bonchev–Trinajstić information content (AvgIpc) is 2.39. The van der Waals surface area contributed by atoms with Gasteiger partial charge in [0.2, 0.25) is 0 Å². The lowest BCUT2D eigenvalue weighted by atomic mass is 10.0. The number of carbonyl (C=O) groups excluding carboxylic acids is 1. The van der Waals surface area contributed by atoms with Crippen molar-refractivity contribution in [3.8, 4) is 0 Å². The van der Waals surface area contributed by atoms with Gasteiger partial charge in [-0.25, -0.2) is 0 Å². The second-order valence-corrected chi connectivity index (χ2v) is 4.83. The summed E-state index contributed by atoms with van der Waals surface area (Å²) in [6.07, 6.45) is 2.59. The maximum Gasteiger partial charge on any atom is 0.162 e. The van der Waals surface area contributed by atoms with Gasteiger partial charge in [-0.2, -0.15) is 0 Å². The molecule has 1 aliphatic rings. The van der Waals surface area contributed by atoms with E-state index < -0.39 is 0 Å². The van der Waals surface area contributed by atoms with Crippen LogP contribution in [0.15, 0.2) is 42.2 Å². The Kier molecular flexibility index (Phi) is 4.74. The van der Waals surface area contributed by atoms with Crippen molar-refractivity contribution in [2.45, 2.75) is 45.5 Å². The predicted octanol–water partition coefficient (Wildman–Crippen LogP) is 3.24. The van der Waals surface area contributed by atoms with Crippen molar-refractivity contribution in [2.75, 3.05) is 0 Å². The molecule has 0 bridgehead atoms. The predicted molar refractivity (Wildman–Crippen MR) is 73.6 cm³/mol. The lowest BCUT2D eigenvalue weighted by molar-refractivity contribution is -0.124. The van der Waals surface area contributed by atoms with E-state index in [1.54, 1.807) is 6.08 Å². The van der Waals surface area contributed by atoms with Crippen LogP contribution >= 0.6 is 0 Å². The minimum Gasteiger partial charge on any atom is -0.492 e. The Morgan fingerprint density at radius 3 is 2.74 bits per heavy atom. The van der Waals surface area contributed by atoms with Crippen LogP contribution in [0.1, 0.15) is 32.3 Å². The Balaban J connectivity index is 1.93. The van der Waals surface area contributed by atoms with Crippen LogP contribution < -0.4 is 0 Å². The topological polar surface area (TPSA) is 35.5 Å². The summed E-state index contributed by atoms with van der Waals surface area (Å²) >= 11 is 0. The van der Waals surface area contributed by atoms with Crippen LogP contribution in [0.5, 0.6) is 0 Å². The van der Waals surface area contributed by atoms with E-state index in [0.29, 0.717) is 18.8 Å². The third-order valence-corrected chi connectivity index (χ3v) is 3.23. The van der Waals surface area contributed by atoms with Gasteiger partial charge in [0.15, 0.2) is 5.78 Å². The van der Waals surface area contributed by atoms with E-state index in [4.69, 9.17) is 9.47 Å². The summed E-state index contributed by atoms with van der Waals surface area (Å²) in [4.78, 5) is 11.6. The Bertz CT molecular complexity index is 450. The number of benzene rings is 1. The molecule has 2 rings (SSSR count). The van der Waals surface area contributed by atoms with Crippen molar-refractivity contribution < 1.29 is 14.3 Å². The van der Waals surface area contributed by atoms with Gasteiger partial charge in [-0.15, -0.1) is 0 Å². The van der Waals surface area contributed by atoms with Gasteiger partial charge in [0, 0.05) is 6.08 Å². The quantitative estimate of drug-likeness (QED) is 0.815. The summed E-state index contributed by atoms with van der Waals surface area (Å²) in [6.45, 7) is 4.42. The molecule has 0 N–H and O–H groups in total. The molecule has 3 heteroatoms.